The summed E-state index contributed by atoms with van der Waals surface area (Å²) in [6, 6.07) is 0.272. The van der Waals surface area contributed by atoms with Gasteiger partial charge in [-0.2, -0.15) is 19.6 Å². The number of aromatic hydroxyl groups is 1. The SMILES string of the molecule is O=c1[nH]c(O)c(/C=c2\cnn3c(=NC4CC4)nc(NCC4(CN5CCOCC5)CC4)nc23)[nH]1. The Hall–Kier alpha value is -3.25. The van der Waals surface area contributed by atoms with Crippen molar-refractivity contribution >= 4 is 17.7 Å². The Morgan fingerprint density at radius 3 is 2.79 bits per heavy atom. The Morgan fingerprint density at radius 2 is 2.09 bits per heavy atom. The quantitative estimate of drug-likeness (QED) is 0.355. The molecule has 1 aliphatic heterocycles. The van der Waals surface area contributed by atoms with Crippen molar-refractivity contribution in [3.05, 3.63) is 33.2 Å². The molecule has 4 N–H and O–H groups in total. The van der Waals surface area contributed by atoms with Crippen LogP contribution >= 0.6 is 0 Å². The summed E-state index contributed by atoms with van der Waals surface area (Å²) in [5.41, 5.74) is 1.10. The molecule has 0 radical (unpaired) electrons. The van der Waals surface area contributed by atoms with E-state index in [4.69, 9.17) is 14.7 Å². The van der Waals surface area contributed by atoms with Gasteiger partial charge in [0.2, 0.25) is 11.8 Å². The molecule has 3 aliphatic rings. The normalized spacial score (nSPS) is 21.7. The second-order valence-electron chi connectivity index (χ2n) is 9.27. The van der Waals surface area contributed by atoms with Crippen LogP contribution in [0.4, 0.5) is 5.95 Å². The Bertz CT molecular complexity index is 1340. The molecular weight excluding hydrogens is 426 g/mol. The smallest absolute Gasteiger partial charge is 0.326 e. The number of aromatic amines is 2. The molecule has 0 bridgehead atoms. The minimum Gasteiger partial charge on any atom is -0.493 e. The average molecular weight is 454 g/mol. The zero-order valence-electron chi connectivity index (χ0n) is 18.3. The first-order valence-corrected chi connectivity index (χ1v) is 11.4. The third-order valence-electron chi connectivity index (χ3n) is 6.50. The molecule has 3 fully saturated rings. The fraction of sp³-hybridized carbons (Fsp3) is 0.571. The van der Waals surface area contributed by atoms with Crippen LogP contribution < -0.4 is 21.8 Å². The van der Waals surface area contributed by atoms with E-state index >= 15 is 0 Å². The maximum Gasteiger partial charge on any atom is 0.326 e. The molecule has 2 aliphatic carbocycles. The molecule has 1 saturated heterocycles. The molecule has 0 atom stereocenters. The molecule has 3 aromatic heterocycles. The molecule has 12 heteroatoms. The summed E-state index contributed by atoms with van der Waals surface area (Å²) in [6.45, 7) is 5.42. The lowest BCUT2D eigenvalue weighted by Gasteiger charge is -2.30. The maximum absolute atomic E-state index is 11.5. The number of nitrogens with zero attached hydrogens (tertiary/aromatic N) is 6. The predicted octanol–water partition coefficient (Wildman–Crippen LogP) is -1.02. The molecule has 174 valence electrons. The lowest BCUT2D eigenvalue weighted by atomic mass is 10.1. The second kappa shape index (κ2) is 7.96. The molecule has 2 saturated carbocycles. The Balaban J connectivity index is 1.31. The van der Waals surface area contributed by atoms with Crippen molar-refractivity contribution < 1.29 is 9.84 Å². The number of ether oxygens (including phenoxy) is 1. The third-order valence-corrected chi connectivity index (χ3v) is 6.50. The average Bonchev–Trinajstić information content (AvgIpc) is 3.71. The van der Waals surface area contributed by atoms with Gasteiger partial charge in [-0.1, -0.05) is 0 Å². The number of nitrogens with one attached hydrogen (secondary N) is 3. The van der Waals surface area contributed by atoms with Crippen LogP contribution in [-0.4, -0.2) is 85.0 Å². The lowest BCUT2D eigenvalue weighted by Crippen LogP contribution is -2.41. The fourth-order valence-electron chi connectivity index (χ4n) is 4.23. The van der Waals surface area contributed by atoms with Crippen molar-refractivity contribution in [1.82, 2.24) is 34.4 Å². The van der Waals surface area contributed by atoms with Gasteiger partial charge in [0.25, 0.3) is 5.62 Å². The van der Waals surface area contributed by atoms with E-state index in [2.05, 4.69) is 30.3 Å². The van der Waals surface area contributed by atoms with Gasteiger partial charge in [0.1, 0.15) is 5.69 Å². The Kier molecular flexibility index (Phi) is 4.91. The van der Waals surface area contributed by atoms with Gasteiger partial charge in [-0.05, 0) is 31.8 Å². The van der Waals surface area contributed by atoms with Crippen molar-refractivity contribution in [2.24, 2.45) is 10.4 Å². The number of morpholine rings is 1. The van der Waals surface area contributed by atoms with Crippen LogP contribution in [0.15, 0.2) is 16.0 Å². The van der Waals surface area contributed by atoms with E-state index in [1.165, 1.54) is 12.8 Å². The highest BCUT2D eigenvalue weighted by Gasteiger charge is 2.44. The highest BCUT2D eigenvalue weighted by Crippen LogP contribution is 2.46. The van der Waals surface area contributed by atoms with E-state index in [0.29, 0.717) is 22.4 Å². The van der Waals surface area contributed by atoms with Crippen LogP contribution in [0, 0.1) is 5.41 Å². The summed E-state index contributed by atoms with van der Waals surface area (Å²) >= 11 is 0. The minimum atomic E-state index is -0.480. The molecule has 4 heterocycles. The van der Waals surface area contributed by atoms with E-state index in [1.54, 1.807) is 16.8 Å². The number of hydrogen-bond acceptors (Lipinski definition) is 9. The van der Waals surface area contributed by atoms with Gasteiger partial charge in [0, 0.05) is 36.8 Å². The standard InChI is InChI=1S/C21H27N9O3/c31-17-15(25-20(32)27-17)9-13-10-23-30-16(13)26-18(28-19(30)24-14-1-2-14)22-11-21(3-4-21)12-29-5-7-33-8-6-29/h9-10,14,31H,1-8,11-12H2,(H,22,24,28)(H2,25,27,32)/b13-9+. The number of imidazole rings is 1. The van der Waals surface area contributed by atoms with Crippen LogP contribution in [0.2, 0.25) is 0 Å². The molecule has 12 nitrogen and oxygen atoms in total. The largest absolute Gasteiger partial charge is 0.493 e. The first-order valence-electron chi connectivity index (χ1n) is 11.4. The number of aromatic nitrogens is 6. The molecule has 0 amide bonds. The number of rotatable bonds is 7. The molecule has 0 aromatic carbocycles. The summed E-state index contributed by atoms with van der Waals surface area (Å²) in [4.78, 5) is 32.9. The molecule has 3 aromatic rings. The molecular formula is C21H27N9O3. The Labute approximate surface area is 188 Å². The maximum atomic E-state index is 11.5. The minimum absolute atomic E-state index is 0.228. The summed E-state index contributed by atoms with van der Waals surface area (Å²) in [6.07, 6.45) is 7.74. The van der Waals surface area contributed by atoms with E-state index in [9.17, 15) is 9.90 Å². The highest BCUT2D eigenvalue weighted by atomic mass is 16.5. The van der Waals surface area contributed by atoms with Crippen molar-refractivity contribution in [3.8, 4) is 5.88 Å². The summed E-state index contributed by atoms with van der Waals surface area (Å²) < 4.78 is 7.08. The fourth-order valence-corrected chi connectivity index (χ4v) is 4.23. The van der Waals surface area contributed by atoms with Crippen molar-refractivity contribution in [2.75, 3.05) is 44.7 Å². The molecule has 0 spiro atoms. The van der Waals surface area contributed by atoms with Crippen molar-refractivity contribution in [3.63, 3.8) is 0 Å². The van der Waals surface area contributed by atoms with Crippen LogP contribution in [0.3, 0.4) is 0 Å². The summed E-state index contributed by atoms with van der Waals surface area (Å²) in [5, 5.41) is 18.4. The zero-order valence-corrected chi connectivity index (χ0v) is 18.3. The highest BCUT2D eigenvalue weighted by molar-refractivity contribution is 5.57. The summed E-state index contributed by atoms with van der Waals surface area (Å²) in [7, 11) is 0. The predicted molar refractivity (Wildman–Crippen MR) is 119 cm³/mol. The third kappa shape index (κ3) is 4.35. The number of anilines is 1. The van der Waals surface area contributed by atoms with E-state index in [1.807, 2.05) is 0 Å². The summed E-state index contributed by atoms with van der Waals surface area (Å²) in [5.74, 6) is 0.283. The molecule has 0 unspecified atom stereocenters. The van der Waals surface area contributed by atoms with Crippen LogP contribution in [0.1, 0.15) is 31.4 Å². The molecule has 6 rings (SSSR count). The number of hydrogen-bond donors (Lipinski definition) is 4. The number of H-pyrrole nitrogens is 2. The number of fused-ring (bicyclic) bond motifs is 1. The van der Waals surface area contributed by atoms with Gasteiger partial charge in [-0.15, -0.1) is 0 Å². The van der Waals surface area contributed by atoms with Crippen LogP contribution in [-0.2, 0) is 4.74 Å². The van der Waals surface area contributed by atoms with Gasteiger partial charge in [0.05, 0.1) is 25.5 Å². The van der Waals surface area contributed by atoms with E-state index in [0.717, 1.165) is 52.2 Å². The monoisotopic (exact) mass is 453 g/mol. The van der Waals surface area contributed by atoms with Crippen LogP contribution in [0.5, 0.6) is 5.88 Å². The lowest BCUT2D eigenvalue weighted by molar-refractivity contribution is 0.0294. The van der Waals surface area contributed by atoms with E-state index in [-0.39, 0.29) is 23.0 Å². The topological polar surface area (TPSA) is 149 Å². The van der Waals surface area contributed by atoms with Crippen molar-refractivity contribution in [2.45, 2.75) is 31.7 Å². The zero-order chi connectivity index (χ0) is 22.4. The van der Waals surface area contributed by atoms with Gasteiger partial charge < -0.3 is 20.1 Å². The first-order chi connectivity index (χ1) is 16.1. The second-order valence-corrected chi connectivity index (χ2v) is 9.27. The van der Waals surface area contributed by atoms with Gasteiger partial charge >= 0.3 is 5.69 Å². The van der Waals surface area contributed by atoms with Gasteiger partial charge in [-0.25, -0.2) is 9.79 Å². The van der Waals surface area contributed by atoms with Crippen LogP contribution in [0.25, 0.3) is 11.7 Å². The van der Waals surface area contributed by atoms with Crippen molar-refractivity contribution in [1.29, 1.82) is 0 Å². The molecule has 33 heavy (non-hydrogen) atoms. The van der Waals surface area contributed by atoms with Gasteiger partial charge in [-0.3, -0.25) is 9.88 Å². The van der Waals surface area contributed by atoms with Gasteiger partial charge in [0.15, 0.2) is 5.65 Å². The van der Waals surface area contributed by atoms with E-state index < -0.39 is 5.69 Å². The first kappa shape index (κ1) is 20.4. The Morgan fingerprint density at radius 1 is 1.27 bits per heavy atom.